The van der Waals surface area contributed by atoms with Gasteiger partial charge in [-0.15, -0.1) is 0 Å². The van der Waals surface area contributed by atoms with Crippen molar-refractivity contribution in [3.8, 4) is 0 Å². The number of aliphatic hydroxyl groups is 5. The SMILES string of the molecule is CC/C=C\C/C=C\C/C=C\C/C=C\C/C=C\CCCCCCCCCCCCCCCCCCCCCCCCCCCC(=O)NC(COC1OC(CO)C(O)C(O)C1O)C(O)CCCCCC. The average Bonchev–Trinajstić information content (AvgIpc) is 3.34. The molecular formula is C59H107NO8. The van der Waals surface area contributed by atoms with Crippen molar-refractivity contribution in [3.05, 3.63) is 60.8 Å². The summed E-state index contributed by atoms with van der Waals surface area (Å²) in [6.45, 7) is 3.60. The zero-order valence-corrected chi connectivity index (χ0v) is 43.9. The van der Waals surface area contributed by atoms with Gasteiger partial charge in [0.1, 0.15) is 24.4 Å². The van der Waals surface area contributed by atoms with E-state index in [1.54, 1.807) is 0 Å². The van der Waals surface area contributed by atoms with Crippen LogP contribution in [0.4, 0.5) is 0 Å². The summed E-state index contributed by atoms with van der Waals surface area (Å²) in [6.07, 6.45) is 59.4. The molecule has 0 aromatic rings. The third-order valence-electron chi connectivity index (χ3n) is 13.4. The molecule has 396 valence electrons. The van der Waals surface area contributed by atoms with Crippen molar-refractivity contribution in [2.45, 2.75) is 294 Å². The monoisotopic (exact) mass is 958 g/mol. The van der Waals surface area contributed by atoms with E-state index in [4.69, 9.17) is 9.47 Å². The number of hydrogen-bond acceptors (Lipinski definition) is 8. The van der Waals surface area contributed by atoms with Gasteiger partial charge in [0.15, 0.2) is 6.29 Å². The molecule has 1 saturated heterocycles. The Morgan fingerprint density at radius 2 is 0.912 bits per heavy atom. The number of nitrogens with one attached hydrogen (secondary N) is 1. The van der Waals surface area contributed by atoms with Crippen molar-refractivity contribution in [1.82, 2.24) is 5.32 Å². The second-order valence-electron chi connectivity index (χ2n) is 19.7. The van der Waals surface area contributed by atoms with E-state index in [1.165, 1.54) is 148 Å². The zero-order chi connectivity index (χ0) is 49.4. The first-order chi connectivity index (χ1) is 33.3. The van der Waals surface area contributed by atoms with E-state index < -0.39 is 49.5 Å². The van der Waals surface area contributed by atoms with Crippen LogP contribution in [0.25, 0.3) is 0 Å². The molecule has 0 aromatic carbocycles. The van der Waals surface area contributed by atoms with E-state index >= 15 is 0 Å². The molecule has 68 heavy (non-hydrogen) atoms. The van der Waals surface area contributed by atoms with E-state index in [2.05, 4.69) is 79.9 Å². The molecule has 0 aliphatic carbocycles. The average molecular weight is 959 g/mol. The van der Waals surface area contributed by atoms with Gasteiger partial charge in [-0.3, -0.25) is 4.79 Å². The van der Waals surface area contributed by atoms with Crippen LogP contribution in [0, 0.1) is 0 Å². The van der Waals surface area contributed by atoms with Gasteiger partial charge in [-0.2, -0.15) is 0 Å². The molecule has 0 bridgehead atoms. The Morgan fingerprint density at radius 3 is 1.34 bits per heavy atom. The standard InChI is InChI=1S/C59H107NO8/c1-3-5-7-9-10-11-12-13-14-15-16-17-18-19-20-21-22-23-24-25-26-27-28-29-30-31-32-33-34-35-36-37-38-39-40-41-42-43-44-45-47-49-55(63)60-52(53(62)48-46-8-6-4-2)51-67-59-58(66)57(65)56(64)54(50-61)68-59/h5,7,10-11,13-14,16-17,19-20,52-54,56-59,61-62,64-66H,3-4,6,8-9,12,15,18,21-51H2,1-2H3,(H,60,63)/b7-5-,11-10-,14-13-,17-16-,20-19-. The summed E-state index contributed by atoms with van der Waals surface area (Å²) >= 11 is 0. The Bertz CT molecular complexity index is 1250. The molecule has 1 aliphatic heterocycles. The summed E-state index contributed by atoms with van der Waals surface area (Å²) in [4.78, 5) is 12.9. The number of unbranched alkanes of at least 4 members (excludes halogenated alkanes) is 28. The fourth-order valence-electron chi connectivity index (χ4n) is 8.90. The number of aliphatic hydroxyl groups excluding tert-OH is 5. The van der Waals surface area contributed by atoms with E-state index in [9.17, 15) is 30.3 Å². The molecular weight excluding hydrogens is 851 g/mol. The molecule has 7 atom stereocenters. The van der Waals surface area contributed by atoms with E-state index in [0.29, 0.717) is 12.8 Å². The highest BCUT2D eigenvalue weighted by molar-refractivity contribution is 5.76. The summed E-state index contributed by atoms with van der Waals surface area (Å²) in [6, 6.07) is -0.713. The molecule has 1 amide bonds. The molecule has 0 spiro atoms. The lowest BCUT2D eigenvalue weighted by molar-refractivity contribution is -0.302. The van der Waals surface area contributed by atoms with Gasteiger partial charge in [0.05, 0.1) is 25.4 Å². The van der Waals surface area contributed by atoms with Gasteiger partial charge in [0.25, 0.3) is 0 Å². The highest BCUT2D eigenvalue weighted by Crippen LogP contribution is 2.23. The summed E-state index contributed by atoms with van der Waals surface area (Å²) in [5.41, 5.74) is 0. The van der Waals surface area contributed by atoms with Crippen LogP contribution in [0.1, 0.15) is 251 Å². The quantitative estimate of drug-likeness (QED) is 0.0261. The van der Waals surface area contributed by atoms with Gasteiger partial charge in [-0.25, -0.2) is 0 Å². The fourth-order valence-corrected chi connectivity index (χ4v) is 8.90. The number of amides is 1. The lowest BCUT2D eigenvalue weighted by atomic mass is 9.99. The number of rotatable bonds is 48. The Morgan fingerprint density at radius 1 is 0.515 bits per heavy atom. The lowest BCUT2D eigenvalue weighted by Crippen LogP contribution is -2.60. The summed E-state index contributed by atoms with van der Waals surface area (Å²) in [7, 11) is 0. The molecule has 1 rings (SSSR count). The molecule has 0 aromatic heterocycles. The van der Waals surface area contributed by atoms with Gasteiger partial charge >= 0.3 is 0 Å². The first kappa shape index (κ1) is 63.9. The lowest BCUT2D eigenvalue weighted by Gasteiger charge is -2.40. The number of ether oxygens (including phenoxy) is 2. The maximum Gasteiger partial charge on any atom is 0.220 e. The van der Waals surface area contributed by atoms with E-state index in [0.717, 1.165) is 77.0 Å². The number of hydrogen-bond donors (Lipinski definition) is 6. The minimum atomic E-state index is -1.55. The maximum atomic E-state index is 12.9. The summed E-state index contributed by atoms with van der Waals surface area (Å²) in [5.74, 6) is -0.151. The van der Waals surface area contributed by atoms with Crippen molar-refractivity contribution in [3.63, 3.8) is 0 Å². The molecule has 0 saturated carbocycles. The highest BCUT2D eigenvalue weighted by Gasteiger charge is 2.44. The van der Waals surface area contributed by atoms with Crippen LogP contribution >= 0.6 is 0 Å². The Labute approximate surface area is 417 Å². The third-order valence-corrected chi connectivity index (χ3v) is 13.4. The third kappa shape index (κ3) is 37.7. The second kappa shape index (κ2) is 48.5. The van der Waals surface area contributed by atoms with Gasteiger partial charge in [-0.1, -0.05) is 248 Å². The van der Waals surface area contributed by atoms with Crippen molar-refractivity contribution in [2.75, 3.05) is 13.2 Å². The molecule has 9 heteroatoms. The van der Waals surface area contributed by atoms with Crippen molar-refractivity contribution < 1.29 is 39.8 Å². The minimum absolute atomic E-state index is 0.139. The van der Waals surface area contributed by atoms with Gasteiger partial charge < -0.3 is 40.3 Å². The molecule has 1 aliphatic rings. The number of carbonyl (C=O) groups excluding carboxylic acids is 1. The Hall–Kier alpha value is -2.11. The molecule has 1 heterocycles. The van der Waals surface area contributed by atoms with Crippen LogP contribution < -0.4 is 5.32 Å². The van der Waals surface area contributed by atoms with Crippen molar-refractivity contribution in [2.24, 2.45) is 0 Å². The first-order valence-corrected chi connectivity index (χ1v) is 28.5. The van der Waals surface area contributed by atoms with Crippen LogP contribution in [0.5, 0.6) is 0 Å². The van der Waals surface area contributed by atoms with Crippen LogP contribution in [0.2, 0.25) is 0 Å². The predicted octanol–water partition coefficient (Wildman–Crippen LogP) is 13.9. The largest absolute Gasteiger partial charge is 0.394 e. The van der Waals surface area contributed by atoms with Crippen LogP contribution in [0.15, 0.2) is 60.8 Å². The Kier molecular flexibility index (Phi) is 45.6. The zero-order valence-electron chi connectivity index (χ0n) is 43.9. The Balaban J connectivity index is 1.90. The topological polar surface area (TPSA) is 149 Å². The molecule has 9 nitrogen and oxygen atoms in total. The van der Waals surface area contributed by atoms with Crippen LogP contribution in [0.3, 0.4) is 0 Å². The molecule has 6 N–H and O–H groups in total. The fraction of sp³-hybridized carbons (Fsp3) is 0.814. The van der Waals surface area contributed by atoms with Crippen molar-refractivity contribution >= 4 is 5.91 Å². The van der Waals surface area contributed by atoms with Gasteiger partial charge in [-0.05, 0) is 57.8 Å². The molecule has 7 unspecified atom stereocenters. The minimum Gasteiger partial charge on any atom is -0.394 e. The van der Waals surface area contributed by atoms with Crippen LogP contribution in [-0.2, 0) is 14.3 Å². The van der Waals surface area contributed by atoms with Crippen LogP contribution in [-0.4, -0.2) is 87.5 Å². The van der Waals surface area contributed by atoms with Gasteiger partial charge in [0, 0.05) is 6.42 Å². The smallest absolute Gasteiger partial charge is 0.220 e. The first-order valence-electron chi connectivity index (χ1n) is 28.5. The maximum absolute atomic E-state index is 12.9. The highest BCUT2D eigenvalue weighted by atomic mass is 16.7. The summed E-state index contributed by atoms with van der Waals surface area (Å²) in [5, 5.41) is 53.9. The number of allylic oxidation sites excluding steroid dienone is 10. The molecule has 0 radical (unpaired) electrons. The second-order valence-corrected chi connectivity index (χ2v) is 19.7. The van der Waals surface area contributed by atoms with E-state index in [1.807, 2.05) is 0 Å². The number of carbonyl (C=O) groups is 1. The van der Waals surface area contributed by atoms with Gasteiger partial charge in [0.2, 0.25) is 5.91 Å². The van der Waals surface area contributed by atoms with Crippen molar-refractivity contribution in [1.29, 1.82) is 0 Å². The summed E-state index contributed by atoms with van der Waals surface area (Å²) < 4.78 is 11.2. The molecule has 1 fully saturated rings. The predicted molar refractivity (Wildman–Crippen MR) is 286 cm³/mol. The normalized spacial score (nSPS) is 20.0. The van der Waals surface area contributed by atoms with E-state index in [-0.39, 0.29) is 12.5 Å².